The molecule has 2 N–H and O–H groups in total. The first kappa shape index (κ1) is 13.0. The van der Waals surface area contributed by atoms with Crippen molar-refractivity contribution in [2.45, 2.75) is 44.7 Å². The molecule has 0 saturated carbocycles. The summed E-state index contributed by atoms with van der Waals surface area (Å²) in [6.45, 7) is 2.95. The molecule has 2 heterocycles. The number of pyridine rings is 1. The number of nitrogens with zero attached hydrogens (tertiary/aromatic N) is 1. The van der Waals surface area contributed by atoms with Crippen molar-refractivity contribution in [1.29, 1.82) is 0 Å². The van der Waals surface area contributed by atoms with Crippen LogP contribution in [-0.4, -0.2) is 23.5 Å². The SMILES string of the molecule is CC(NC(=O)C1CCCCCN1)c1ccncc1. The lowest BCUT2D eigenvalue weighted by molar-refractivity contribution is -0.123. The van der Waals surface area contributed by atoms with Gasteiger partial charge in [-0.3, -0.25) is 9.78 Å². The fourth-order valence-electron chi connectivity index (χ4n) is 2.30. The summed E-state index contributed by atoms with van der Waals surface area (Å²) < 4.78 is 0. The second-order valence-corrected chi connectivity index (χ2v) is 4.87. The maximum atomic E-state index is 12.1. The number of rotatable bonds is 3. The van der Waals surface area contributed by atoms with E-state index in [1.165, 1.54) is 12.8 Å². The van der Waals surface area contributed by atoms with Crippen LogP contribution in [0, 0.1) is 0 Å². The summed E-state index contributed by atoms with van der Waals surface area (Å²) in [5.41, 5.74) is 1.09. The summed E-state index contributed by atoms with van der Waals surface area (Å²) in [6, 6.07) is 3.87. The van der Waals surface area contributed by atoms with E-state index in [1.54, 1.807) is 12.4 Å². The zero-order valence-corrected chi connectivity index (χ0v) is 10.9. The second kappa shape index (κ2) is 6.50. The highest BCUT2D eigenvalue weighted by Crippen LogP contribution is 2.13. The van der Waals surface area contributed by atoms with E-state index in [1.807, 2.05) is 19.1 Å². The number of carbonyl (C=O) groups excluding carboxylic acids is 1. The Labute approximate surface area is 108 Å². The van der Waals surface area contributed by atoms with E-state index in [0.29, 0.717) is 0 Å². The van der Waals surface area contributed by atoms with Crippen molar-refractivity contribution >= 4 is 5.91 Å². The van der Waals surface area contributed by atoms with E-state index in [-0.39, 0.29) is 18.0 Å². The van der Waals surface area contributed by atoms with Gasteiger partial charge in [0.1, 0.15) is 0 Å². The third-order valence-corrected chi connectivity index (χ3v) is 3.44. The van der Waals surface area contributed by atoms with Gasteiger partial charge in [0.05, 0.1) is 12.1 Å². The minimum Gasteiger partial charge on any atom is -0.348 e. The van der Waals surface area contributed by atoms with Gasteiger partial charge in [-0.25, -0.2) is 0 Å². The highest BCUT2D eigenvalue weighted by Gasteiger charge is 2.20. The summed E-state index contributed by atoms with van der Waals surface area (Å²) in [5.74, 6) is 0.112. The fourth-order valence-corrected chi connectivity index (χ4v) is 2.30. The number of aromatic nitrogens is 1. The van der Waals surface area contributed by atoms with Gasteiger partial charge in [0.25, 0.3) is 0 Å². The van der Waals surface area contributed by atoms with E-state index in [9.17, 15) is 4.79 Å². The summed E-state index contributed by atoms with van der Waals surface area (Å²) in [5, 5.41) is 6.38. The molecule has 1 aromatic rings. The van der Waals surface area contributed by atoms with Crippen molar-refractivity contribution in [3.05, 3.63) is 30.1 Å². The van der Waals surface area contributed by atoms with Gasteiger partial charge in [-0.15, -0.1) is 0 Å². The molecule has 2 unspecified atom stereocenters. The van der Waals surface area contributed by atoms with Crippen molar-refractivity contribution in [2.75, 3.05) is 6.54 Å². The van der Waals surface area contributed by atoms with Gasteiger partial charge in [0, 0.05) is 12.4 Å². The quantitative estimate of drug-likeness (QED) is 0.856. The Bertz CT molecular complexity index is 372. The maximum Gasteiger partial charge on any atom is 0.237 e. The third-order valence-electron chi connectivity index (χ3n) is 3.44. The summed E-state index contributed by atoms with van der Waals surface area (Å²) in [6.07, 6.45) is 7.97. The van der Waals surface area contributed by atoms with Crippen LogP contribution < -0.4 is 10.6 Å². The first-order valence-corrected chi connectivity index (χ1v) is 6.71. The Kier molecular flexibility index (Phi) is 4.70. The van der Waals surface area contributed by atoms with E-state index < -0.39 is 0 Å². The molecule has 98 valence electrons. The smallest absolute Gasteiger partial charge is 0.237 e. The number of carbonyl (C=O) groups is 1. The van der Waals surface area contributed by atoms with E-state index >= 15 is 0 Å². The molecule has 1 aromatic heterocycles. The molecule has 18 heavy (non-hydrogen) atoms. The first-order valence-electron chi connectivity index (χ1n) is 6.71. The Morgan fingerprint density at radius 1 is 1.39 bits per heavy atom. The van der Waals surface area contributed by atoms with Crippen molar-refractivity contribution in [3.8, 4) is 0 Å². The molecule has 1 aliphatic heterocycles. The molecule has 0 radical (unpaired) electrons. The maximum absolute atomic E-state index is 12.1. The normalized spacial score (nSPS) is 21.9. The number of nitrogens with one attached hydrogen (secondary N) is 2. The van der Waals surface area contributed by atoms with E-state index in [4.69, 9.17) is 0 Å². The van der Waals surface area contributed by atoms with Crippen LogP contribution in [0.25, 0.3) is 0 Å². The van der Waals surface area contributed by atoms with Crippen LogP contribution in [0.15, 0.2) is 24.5 Å². The average Bonchev–Trinajstić information content (AvgIpc) is 2.68. The van der Waals surface area contributed by atoms with Crippen LogP contribution in [0.4, 0.5) is 0 Å². The predicted molar refractivity (Wildman–Crippen MR) is 71.1 cm³/mol. The van der Waals surface area contributed by atoms with E-state index in [2.05, 4.69) is 15.6 Å². The van der Waals surface area contributed by atoms with Gasteiger partial charge in [-0.05, 0) is 44.0 Å². The average molecular weight is 247 g/mol. The van der Waals surface area contributed by atoms with Crippen LogP contribution in [0.2, 0.25) is 0 Å². The van der Waals surface area contributed by atoms with Crippen molar-refractivity contribution in [2.24, 2.45) is 0 Å². The summed E-state index contributed by atoms with van der Waals surface area (Å²) >= 11 is 0. The lowest BCUT2D eigenvalue weighted by atomic mass is 10.1. The Morgan fingerprint density at radius 2 is 2.17 bits per heavy atom. The zero-order valence-electron chi connectivity index (χ0n) is 10.9. The van der Waals surface area contributed by atoms with Crippen LogP contribution in [0.5, 0.6) is 0 Å². The largest absolute Gasteiger partial charge is 0.348 e. The molecule has 0 bridgehead atoms. The molecule has 2 atom stereocenters. The molecule has 0 spiro atoms. The summed E-state index contributed by atoms with van der Waals surface area (Å²) in [4.78, 5) is 16.1. The van der Waals surface area contributed by atoms with Crippen LogP contribution in [-0.2, 0) is 4.79 Å². The molecule has 4 heteroatoms. The summed E-state index contributed by atoms with van der Waals surface area (Å²) in [7, 11) is 0. The third kappa shape index (κ3) is 3.53. The van der Waals surface area contributed by atoms with Crippen LogP contribution in [0.1, 0.15) is 44.2 Å². The topological polar surface area (TPSA) is 54.0 Å². The lowest BCUT2D eigenvalue weighted by Crippen LogP contribution is -2.44. The number of hydrogen-bond acceptors (Lipinski definition) is 3. The highest BCUT2D eigenvalue weighted by molar-refractivity contribution is 5.82. The van der Waals surface area contributed by atoms with Gasteiger partial charge in [-0.1, -0.05) is 12.8 Å². The molecule has 0 aliphatic carbocycles. The molecule has 0 aromatic carbocycles. The second-order valence-electron chi connectivity index (χ2n) is 4.87. The van der Waals surface area contributed by atoms with Crippen LogP contribution >= 0.6 is 0 Å². The fraction of sp³-hybridized carbons (Fsp3) is 0.571. The molecule has 2 rings (SSSR count). The molecule has 1 saturated heterocycles. The standard InChI is InChI=1S/C14H21N3O/c1-11(12-6-9-15-10-7-12)17-14(18)13-5-3-2-4-8-16-13/h6-7,9-11,13,16H,2-5,8H2,1H3,(H,17,18). The molecule has 4 nitrogen and oxygen atoms in total. The molecular weight excluding hydrogens is 226 g/mol. The van der Waals surface area contributed by atoms with Gasteiger partial charge in [-0.2, -0.15) is 0 Å². The van der Waals surface area contributed by atoms with Crippen molar-refractivity contribution < 1.29 is 4.79 Å². The zero-order chi connectivity index (χ0) is 12.8. The highest BCUT2D eigenvalue weighted by atomic mass is 16.2. The van der Waals surface area contributed by atoms with Gasteiger partial charge in [0.15, 0.2) is 0 Å². The monoisotopic (exact) mass is 247 g/mol. The first-order chi connectivity index (χ1) is 8.77. The number of hydrogen-bond donors (Lipinski definition) is 2. The Morgan fingerprint density at radius 3 is 2.94 bits per heavy atom. The number of amides is 1. The van der Waals surface area contributed by atoms with Crippen LogP contribution in [0.3, 0.4) is 0 Å². The Balaban J connectivity index is 1.90. The van der Waals surface area contributed by atoms with Gasteiger partial charge in [0.2, 0.25) is 5.91 Å². The minimum absolute atomic E-state index is 0.0308. The van der Waals surface area contributed by atoms with Crippen molar-refractivity contribution in [1.82, 2.24) is 15.6 Å². The molecule has 1 amide bonds. The van der Waals surface area contributed by atoms with Gasteiger partial charge < -0.3 is 10.6 Å². The van der Waals surface area contributed by atoms with Crippen molar-refractivity contribution in [3.63, 3.8) is 0 Å². The predicted octanol–water partition coefficient (Wildman–Crippen LogP) is 1.79. The Hall–Kier alpha value is -1.42. The molecular formula is C14H21N3O. The molecule has 1 fully saturated rings. The van der Waals surface area contributed by atoms with E-state index in [0.717, 1.165) is 24.9 Å². The minimum atomic E-state index is -0.0308. The van der Waals surface area contributed by atoms with Gasteiger partial charge >= 0.3 is 0 Å². The molecule has 1 aliphatic rings. The lowest BCUT2D eigenvalue weighted by Gasteiger charge is -2.20.